The molecule has 0 amide bonds. The van der Waals surface area contributed by atoms with Crippen LogP contribution in [-0.2, 0) is 6.42 Å². The van der Waals surface area contributed by atoms with Crippen molar-refractivity contribution in [3.63, 3.8) is 0 Å². The minimum absolute atomic E-state index is 0.190. The van der Waals surface area contributed by atoms with Crippen molar-refractivity contribution in [1.82, 2.24) is 0 Å². The molecule has 1 aliphatic heterocycles. The number of hydrogen-bond acceptors (Lipinski definition) is 3. The summed E-state index contributed by atoms with van der Waals surface area (Å²) >= 11 is 0. The van der Waals surface area contributed by atoms with E-state index in [2.05, 4.69) is 0 Å². The largest absolute Gasteiger partial charge is 0.486 e. The summed E-state index contributed by atoms with van der Waals surface area (Å²) in [5, 5.41) is 0. The quantitative estimate of drug-likeness (QED) is 0.828. The lowest BCUT2D eigenvalue weighted by Crippen LogP contribution is -2.25. The summed E-state index contributed by atoms with van der Waals surface area (Å²) in [5.74, 6) is 0.427. The second-order valence-corrected chi connectivity index (χ2v) is 4.60. The molecule has 0 aromatic heterocycles. The highest BCUT2D eigenvalue weighted by molar-refractivity contribution is 5.46. The third-order valence-corrected chi connectivity index (χ3v) is 3.16. The molecule has 1 aromatic carbocycles. The number of ether oxygens (including phenoxy) is 2. The predicted octanol–water partition coefficient (Wildman–Crippen LogP) is 1.63. The molecule has 3 nitrogen and oxygen atoms in total. The maximum absolute atomic E-state index is 14.1. The molecule has 86 valence electrons. The fraction of sp³-hybridized carbons (Fsp3) is 0.500. The molecule has 3 rings (SSSR count). The van der Waals surface area contributed by atoms with Crippen LogP contribution in [0.5, 0.6) is 11.5 Å². The summed E-state index contributed by atoms with van der Waals surface area (Å²) in [6.07, 6.45) is 2.53. The third-order valence-electron chi connectivity index (χ3n) is 3.16. The molecule has 1 saturated carbocycles. The maximum atomic E-state index is 14.1. The van der Waals surface area contributed by atoms with Gasteiger partial charge in [-0.1, -0.05) is 6.07 Å². The Kier molecular flexibility index (Phi) is 2.07. The van der Waals surface area contributed by atoms with Gasteiger partial charge >= 0.3 is 0 Å². The van der Waals surface area contributed by atoms with Crippen LogP contribution in [0.4, 0.5) is 4.39 Å². The van der Waals surface area contributed by atoms with E-state index in [4.69, 9.17) is 15.2 Å². The highest BCUT2D eigenvalue weighted by atomic mass is 19.1. The zero-order valence-corrected chi connectivity index (χ0v) is 8.96. The molecular formula is C12H14FNO2. The molecule has 0 radical (unpaired) electrons. The number of fused-ring (bicyclic) bond motifs is 1. The fourth-order valence-electron chi connectivity index (χ4n) is 1.98. The van der Waals surface area contributed by atoms with Crippen molar-refractivity contribution < 1.29 is 13.9 Å². The van der Waals surface area contributed by atoms with Crippen molar-refractivity contribution in [3.8, 4) is 11.5 Å². The molecule has 2 N–H and O–H groups in total. The summed E-state index contributed by atoms with van der Waals surface area (Å²) in [6, 6.07) is 3.51. The Bertz CT molecular complexity index is 429. The van der Waals surface area contributed by atoms with Crippen LogP contribution >= 0.6 is 0 Å². The second kappa shape index (κ2) is 3.35. The van der Waals surface area contributed by atoms with E-state index in [0.29, 0.717) is 30.9 Å². The minimum atomic E-state index is -0.311. The van der Waals surface area contributed by atoms with Crippen LogP contribution in [0.1, 0.15) is 18.4 Å². The monoisotopic (exact) mass is 223 g/mol. The molecule has 16 heavy (non-hydrogen) atoms. The molecule has 2 aliphatic rings. The van der Waals surface area contributed by atoms with Crippen molar-refractivity contribution in [2.45, 2.75) is 24.8 Å². The smallest absolute Gasteiger partial charge is 0.197 e. The number of hydrogen-bond donors (Lipinski definition) is 1. The lowest BCUT2D eigenvalue weighted by molar-refractivity contribution is 0.164. The minimum Gasteiger partial charge on any atom is -0.486 e. The first kappa shape index (κ1) is 9.90. The molecule has 1 aliphatic carbocycles. The van der Waals surface area contributed by atoms with E-state index < -0.39 is 0 Å². The van der Waals surface area contributed by atoms with Gasteiger partial charge in [0.25, 0.3) is 0 Å². The van der Waals surface area contributed by atoms with E-state index in [9.17, 15) is 4.39 Å². The van der Waals surface area contributed by atoms with Gasteiger partial charge in [-0.15, -0.1) is 0 Å². The topological polar surface area (TPSA) is 44.5 Å². The van der Waals surface area contributed by atoms with Gasteiger partial charge in [-0.25, -0.2) is 4.39 Å². The first-order chi connectivity index (χ1) is 7.68. The van der Waals surface area contributed by atoms with Crippen molar-refractivity contribution in [2.24, 2.45) is 5.73 Å². The molecular weight excluding hydrogens is 209 g/mol. The van der Waals surface area contributed by atoms with Crippen LogP contribution in [0.25, 0.3) is 0 Å². The van der Waals surface area contributed by atoms with E-state index in [-0.39, 0.29) is 17.1 Å². The van der Waals surface area contributed by atoms with Gasteiger partial charge in [-0.3, -0.25) is 0 Å². The van der Waals surface area contributed by atoms with Crippen LogP contribution < -0.4 is 15.2 Å². The molecule has 0 atom stereocenters. The molecule has 1 heterocycles. The summed E-state index contributed by atoms with van der Waals surface area (Å²) in [5.41, 5.74) is 6.42. The Morgan fingerprint density at radius 1 is 1.25 bits per heavy atom. The molecule has 0 saturated heterocycles. The maximum Gasteiger partial charge on any atom is 0.197 e. The lowest BCUT2D eigenvalue weighted by Gasteiger charge is -2.20. The average molecular weight is 223 g/mol. The van der Waals surface area contributed by atoms with Gasteiger partial charge in [0.05, 0.1) is 0 Å². The Balaban J connectivity index is 1.94. The zero-order chi connectivity index (χ0) is 11.2. The van der Waals surface area contributed by atoms with Gasteiger partial charge in [0, 0.05) is 5.54 Å². The number of nitrogens with two attached hydrogens (primary N) is 1. The normalized spacial score (nSPS) is 20.6. The average Bonchev–Trinajstić information content (AvgIpc) is 3.01. The summed E-state index contributed by atoms with van der Waals surface area (Å²) in [6.45, 7) is 0.883. The van der Waals surface area contributed by atoms with E-state index in [1.165, 1.54) is 0 Å². The standard InChI is InChI=1S/C12H14FNO2/c13-10-8(7-12(14)3-4-12)1-2-9-11(10)16-6-5-15-9/h1-2H,3-7,14H2. The Labute approximate surface area is 93.3 Å². The van der Waals surface area contributed by atoms with E-state index in [0.717, 1.165) is 12.8 Å². The number of halogens is 1. The third kappa shape index (κ3) is 1.63. The summed E-state index contributed by atoms with van der Waals surface area (Å²) < 4.78 is 24.6. The molecule has 1 fully saturated rings. The van der Waals surface area contributed by atoms with Gasteiger partial charge in [0.15, 0.2) is 17.3 Å². The Morgan fingerprint density at radius 3 is 2.75 bits per heavy atom. The molecule has 4 heteroatoms. The van der Waals surface area contributed by atoms with E-state index >= 15 is 0 Å². The molecule has 0 unspecified atom stereocenters. The van der Waals surface area contributed by atoms with Gasteiger partial charge < -0.3 is 15.2 Å². The molecule has 0 bridgehead atoms. The SMILES string of the molecule is NC1(Cc2ccc3c(c2F)OCCO3)CC1. The van der Waals surface area contributed by atoms with Crippen LogP contribution in [0.3, 0.4) is 0 Å². The fourth-order valence-corrected chi connectivity index (χ4v) is 1.98. The van der Waals surface area contributed by atoms with Crippen molar-refractivity contribution >= 4 is 0 Å². The predicted molar refractivity (Wildman–Crippen MR) is 57.2 cm³/mol. The van der Waals surface area contributed by atoms with Crippen LogP contribution in [0.15, 0.2) is 12.1 Å². The highest BCUT2D eigenvalue weighted by Crippen LogP contribution is 2.40. The Morgan fingerprint density at radius 2 is 2.00 bits per heavy atom. The van der Waals surface area contributed by atoms with E-state index in [1.807, 2.05) is 0 Å². The summed E-state index contributed by atoms with van der Waals surface area (Å²) in [4.78, 5) is 0. The van der Waals surface area contributed by atoms with Crippen molar-refractivity contribution in [2.75, 3.05) is 13.2 Å². The van der Waals surface area contributed by atoms with Crippen molar-refractivity contribution in [3.05, 3.63) is 23.5 Å². The highest BCUT2D eigenvalue weighted by Gasteiger charge is 2.39. The van der Waals surface area contributed by atoms with E-state index in [1.54, 1.807) is 12.1 Å². The number of benzene rings is 1. The second-order valence-electron chi connectivity index (χ2n) is 4.60. The van der Waals surface area contributed by atoms with Crippen LogP contribution in [0, 0.1) is 5.82 Å². The molecule has 0 spiro atoms. The summed E-state index contributed by atoms with van der Waals surface area (Å²) in [7, 11) is 0. The Hall–Kier alpha value is -1.29. The zero-order valence-electron chi connectivity index (χ0n) is 8.96. The van der Waals surface area contributed by atoms with Crippen LogP contribution in [-0.4, -0.2) is 18.8 Å². The first-order valence-electron chi connectivity index (χ1n) is 5.54. The van der Waals surface area contributed by atoms with Gasteiger partial charge in [-0.05, 0) is 30.9 Å². The van der Waals surface area contributed by atoms with Crippen LogP contribution in [0.2, 0.25) is 0 Å². The molecule has 1 aromatic rings. The van der Waals surface area contributed by atoms with Gasteiger partial charge in [-0.2, -0.15) is 0 Å². The van der Waals surface area contributed by atoms with Gasteiger partial charge in [0.1, 0.15) is 13.2 Å². The van der Waals surface area contributed by atoms with Crippen molar-refractivity contribution in [1.29, 1.82) is 0 Å². The number of rotatable bonds is 2. The van der Waals surface area contributed by atoms with Gasteiger partial charge in [0.2, 0.25) is 0 Å². The lowest BCUT2D eigenvalue weighted by atomic mass is 10.0. The first-order valence-corrected chi connectivity index (χ1v) is 5.54.